The number of hydrogen-bond acceptors (Lipinski definition) is 2. The van der Waals surface area contributed by atoms with Gasteiger partial charge in [-0.3, -0.25) is 4.79 Å². The minimum absolute atomic E-state index is 0.00333. The molecule has 0 aliphatic carbocycles. The van der Waals surface area contributed by atoms with Gasteiger partial charge in [0.05, 0.1) is 0 Å². The van der Waals surface area contributed by atoms with Crippen LogP contribution in [0.1, 0.15) is 44.0 Å². The van der Waals surface area contributed by atoms with Crippen molar-refractivity contribution in [3.8, 4) is 0 Å². The molecular formula is C15H23ClN2O. The molecule has 1 rings (SSSR count). The van der Waals surface area contributed by atoms with E-state index in [1.165, 1.54) is 0 Å². The molecule has 4 heteroatoms. The Labute approximate surface area is 120 Å². The Morgan fingerprint density at radius 3 is 2.37 bits per heavy atom. The van der Waals surface area contributed by atoms with Crippen molar-refractivity contribution >= 4 is 23.2 Å². The van der Waals surface area contributed by atoms with Gasteiger partial charge in [0, 0.05) is 29.4 Å². The summed E-state index contributed by atoms with van der Waals surface area (Å²) < 4.78 is 0. The highest BCUT2D eigenvalue weighted by Gasteiger charge is 2.18. The number of carbonyl (C=O) groups is 1. The van der Waals surface area contributed by atoms with E-state index in [2.05, 4.69) is 13.8 Å². The van der Waals surface area contributed by atoms with Crippen LogP contribution in [0, 0.1) is 5.92 Å². The maximum absolute atomic E-state index is 12.5. The first-order valence-corrected chi connectivity index (χ1v) is 7.24. The fourth-order valence-electron chi connectivity index (χ4n) is 2.13. The number of nitrogen functional groups attached to an aromatic ring is 1. The number of carbonyl (C=O) groups excluding carboxylic acids is 1. The molecule has 0 atom stereocenters. The number of hydrogen-bond donors (Lipinski definition) is 1. The van der Waals surface area contributed by atoms with E-state index in [4.69, 9.17) is 17.3 Å². The van der Waals surface area contributed by atoms with Gasteiger partial charge in [-0.2, -0.15) is 0 Å². The lowest BCUT2D eigenvalue weighted by Gasteiger charge is -2.25. The van der Waals surface area contributed by atoms with E-state index in [-0.39, 0.29) is 5.91 Å². The fourth-order valence-corrected chi connectivity index (χ4v) is 2.38. The molecule has 0 unspecified atom stereocenters. The monoisotopic (exact) mass is 282 g/mol. The SMILES string of the molecule is CCC(CC)CN(CC)C(=O)c1cc(N)cc(Cl)c1. The molecule has 2 N–H and O–H groups in total. The first kappa shape index (κ1) is 15.8. The first-order chi connectivity index (χ1) is 9.01. The Kier molecular flexibility index (Phi) is 6.16. The van der Waals surface area contributed by atoms with Gasteiger partial charge in [-0.15, -0.1) is 0 Å². The van der Waals surface area contributed by atoms with Crippen LogP contribution in [-0.4, -0.2) is 23.9 Å². The Hall–Kier alpha value is -1.22. The highest BCUT2D eigenvalue weighted by Crippen LogP contribution is 2.19. The second kappa shape index (κ2) is 7.39. The summed E-state index contributed by atoms with van der Waals surface area (Å²) in [5, 5.41) is 0.502. The summed E-state index contributed by atoms with van der Waals surface area (Å²) in [6.07, 6.45) is 2.16. The van der Waals surface area contributed by atoms with Crippen LogP contribution in [0.15, 0.2) is 18.2 Å². The number of nitrogens with two attached hydrogens (primary N) is 1. The Balaban J connectivity index is 2.88. The van der Waals surface area contributed by atoms with Crippen LogP contribution < -0.4 is 5.73 Å². The standard InChI is InChI=1S/C15H23ClN2O/c1-4-11(5-2)10-18(6-3)15(19)12-7-13(16)9-14(17)8-12/h7-9,11H,4-6,10,17H2,1-3H3. The van der Waals surface area contributed by atoms with Gasteiger partial charge < -0.3 is 10.6 Å². The van der Waals surface area contributed by atoms with E-state index in [1.54, 1.807) is 18.2 Å². The van der Waals surface area contributed by atoms with Crippen molar-refractivity contribution in [2.75, 3.05) is 18.8 Å². The molecule has 1 amide bonds. The smallest absolute Gasteiger partial charge is 0.253 e. The van der Waals surface area contributed by atoms with Crippen molar-refractivity contribution in [2.45, 2.75) is 33.6 Å². The summed E-state index contributed by atoms with van der Waals surface area (Å²) >= 11 is 5.95. The molecule has 0 heterocycles. The van der Waals surface area contributed by atoms with Crippen LogP contribution in [0.3, 0.4) is 0 Å². The topological polar surface area (TPSA) is 46.3 Å². The zero-order valence-corrected chi connectivity index (χ0v) is 12.7. The number of amides is 1. The maximum atomic E-state index is 12.5. The van der Waals surface area contributed by atoms with E-state index >= 15 is 0 Å². The molecule has 0 aromatic heterocycles. The Morgan fingerprint density at radius 2 is 1.89 bits per heavy atom. The van der Waals surface area contributed by atoms with E-state index in [9.17, 15) is 4.79 Å². The molecular weight excluding hydrogens is 260 g/mol. The van der Waals surface area contributed by atoms with Crippen LogP contribution in [-0.2, 0) is 0 Å². The number of benzene rings is 1. The number of halogens is 1. The Bertz CT molecular complexity index is 410. The van der Waals surface area contributed by atoms with Crippen LogP contribution in [0.4, 0.5) is 5.69 Å². The number of rotatable bonds is 6. The summed E-state index contributed by atoms with van der Waals surface area (Å²) in [6.45, 7) is 7.79. The van der Waals surface area contributed by atoms with Crippen molar-refractivity contribution in [3.63, 3.8) is 0 Å². The summed E-state index contributed by atoms with van der Waals surface area (Å²) in [5.74, 6) is 0.545. The minimum Gasteiger partial charge on any atom is -0.399 e. The van der Waals surface area contributed by atoms with E-state index in [0.717, 1.165) is 19.4 Å². The van der Waals surface area contributed by atoms with Gasteiger partial charge in [0.15, 0.2) is 0 Å². The second-order valence-electron chi connectivity index (χ2n) is 4.80. The third-order valence-corrected chi connectivity index (χ3v) is 3.69. The summed E-state index contributed by atoms with van der Waals surface area (Å²) in [5.41, 5.74) is 6.83. The van der Waals surface area contributed by atoms with Gasteiger partial charge in [-0.1, -0.05) is 38.3 Å². The lowest BCUT2D eigenvalue weighted by atomic mass is 10.0. The highest BCUT2D eigenvalue weighted by atomic mass is 35.5. The maximum Gasteiger partial charge on any atom is 0.253 e. The van der Waals surface area contributed by atoms with Gasteiger partial charge in [0.1, 0.15) is 0 Å². The zero-order chi connectivity index (χ0) is 14.4. The fraction of sp³-hybridized carbons (Fsp3) is 0.533. The average molecular weight is 283 g/mol. The first-order valence-electron chi connectivity index (χ1n) is 6.87. The average Bonchev–Trinajstić information content (AvgIpc) is 2.38. The van der Waals surface area contributed by atoms with Gasteiger partial charge in [0.25, 0.3) is 5.91 Å². The third kappa shape index (κ3) is 4.43. The molecule has 0 radical (unpaired) electrons. The van der Waals surface area contributed by atoms with Crippen molar-refractivity contribution < 1.29 is 4.79 Å². The zero-order valence-electron chi connectivity index (χ0n) is 11.9. The van der Waals surface area contributed by atoms with Gasteiger partial charge in [-0.25, -0.2) is 0 Å². The molecule has 0 spiro atoms. The molecule has 0 aliphatic heterocycles. The predicted molar refractivity (Wildman–Crippen MR) is 81.5 cm³/mol. The minimum atomic E-state index is 0.00333. The van der Waals surface area contributed by atoms with Crippen molar-refractivity contribution in [1.29, 1.82) is 0 Å². The molecule has 1 aromatic carbocycles. The van der Waals surface area contributed by atoms with Crippen LogP contribution in [0.25, 0.3) is 0 Å². The molecule has 0 bridgehead atoms. The molecule has 0 saturated carbocycles. The largest absolute Gasteiger partial charge is 0.399 e. The molecule has 3 nitrogen and oxygen atoms in total. The van der Waals surface area contributed by atoms with Gasteiger partial charge in [0.2, 0.25) is 0 Å². The van der Waals surface area contributed by atoms with Crippen molar-refractivity contribution in [1.82, 2.24) is 4.90 Å². The van der Waals surface area contributed by atoms with Crippen molar-refractivity contribution in [3.05, 3.63) is 28.8 Å². The number of nitrogens with zero attached hydrogens (tertiary/aromatic N) is 1. The van der Waals surface area contributed by atoms with E-state index in [1.807, 2.05) is 11.8 Å². The van der Waals surface area contributed by atoms with E-state index in [0.29, 0.717) is 28.7 Å². The lowest BCUT2D eigenvalue weighted by Crippen LogP contribution is -2.35. The molecule has 1 aromatic rings. The summed E-state index contributed by atoms with van der Waals surface area (Å²) in [7, 11) is 0. The summed E-state index contributed by atoms with van der Waals surface area (Å²) in [6, 6.07) is 5.01. The normalized spacial score (nSPS) is 10.8. The molecule has 0 saturated heterocycles. The molecule has 19 heavy (non-hydrogen) atoms. The third-order valence-electron chi connectivity index (χ3n) is 3.47. The van der Waals surface area contributed by atoms with Crippen LogP contribution in [0.2, 0.25) is 5.02 Å². The quantitative estimate of drug-likeness (QED) is 0.806. The van der Waals surface area contributed by atoms with Crippen LogP contribution >= 0.6 is 11.6 Å². The number of anilines is 1. The predicted octanol–water partition coefficient (Wildman–Crippen LogP) is 3.82. The second-order valence-corrected chi connectivity index (χ2v) is 5.24. The Morgan fingerprint density at radius 1 is 1.26 bits per heavy atom. The molecule has 0 fully saturated rings. The van der Waals surface area contributed by atoms with Crippen LogP contribution in [0.5, 0.6) is 0 Å². The lowest BCUT2D eigenvalue weighted by molar-refractivity contribution is 0.0735. The highest BCUT2D eigenvalue weighted by molar-refractivity contribution is 6.31. The van der Waals surface area contributed by atoms with Gasteiger partial charge in [-0.05, 0) is 31.0 Å². The van der Waals surface area contributed by atoms with Crippen molar-refractivity contribution in [2.24, 2.45) is 5.92 Å². The molecule has 0 aliphatic rings. The summed E-state index contributed by atoms with van der Waals surface area (Å²) in [4.78, 5) is 14.3. The molecule has 106 valence electrons. The van der Waals surface area contributed by atoms with E-state index < -0.39 is 0 Å². The van der Waals surface area contributed by atoms with Gasteiger partial charge >= 0.3 is 0 Å².